The number of para-hydroxylation sites is 2. The molecule has 2 aromatic heterocycles. The number of rotatable bonds is 3. The second kappa shape index (κ2) is 5.92. The van der Waals surface area contributed by atoms with E-state index in [4.69, 9.17) is 11.6 Å². The quantitative estimate of drug-likeness (QED) is 0.579. The number of aromatic amines is 1. The van der Waals surface area contributed by atoms with Gasteiger partial charge in [0.2, 0.25) is 0 Å². The fourth-order valence-electron chi connectivity index (χ4n) is 2.70. The number of hydrogen-bond acceptors (Lipinski definition) is 3. The van der Waals surface area contributed by atoms with Crippen LogP contribution in [-0.4, -0.2) is 27.8 Å². The summed E-state index contributed by atoms with van der Waals surface area (Å²) >= 11 is 7.82. The lowest BCUT2D eigenvalue weighted by atomic mass is 10.2. The number of benzene rings is 2. The number of aromatic nitrogens is 2. The summed E-state index contributed by atoms with van der Waals surface area (Å²) in [6.07, 6.45) is 0. The molecule has 1 amide bonds. The fraction of sp³-hybridized carbons (Fsp3) is 0.111. The van der Waals surface area contributed by atoms with Gasteiger partial charge in [-0.2, -0.15) is 0 Å². The Morgan fingerprint density at radius 2 is 1.96 bits per heavy atom. The van der Waals surface area contributed by atoms with E-state index >= 15 is 0 Å². The maximum Gasteiger partial charge on any atom is 0.265 e. The molecule has 0 saturated heterocycles. The number of nitrogens with one attached hydrogen (secondary N) is 1. The van der Waals surface area contributed by atoms with E-state index in [1.165, 1.54) is 11.3 Å². The molecule has 0 aliphatic carbocycles. The lowest BCUT2D eigenvalue weighted by molar-refractivity contribution is 0.0787. The van der Waals surface area contributed by atoms with Gasteiger partial charge >= 0.3 is 0 Å². The first-order chi connectivity index (χ1) is 11.6. The molecule has 6 heteroatoms. The summed E-state index contributed by atoms with van der Waals surface area (Å²) in [4.78, 5) is 22.7. The van der Waals surface area contributed by atoms with Crippen LogP contribution in [0.15, 0.2) is 48.5 Å². The number of imidazole rings is 1. The minimum absolute atomic E-state index is 0.0957. The number of hydrogen-bond donors (Lipinski definition) is 1. The van der Waals surface area contributed by atoms with Crippen LogP contribution in [-0.2, 0) is 6.54 Å². The van der Waals surface area contributed by atoms with Crippen LogP contribution in [0.5, 0.6) is 0 Å². The van der Waals surface area contributed by atoms with Crippen LogP contribution in [0.4, 0.5) is 0 Å². The molecule has 2 aromatic carbocycles. The van der Waals surface area contributed by atoms with E-state index in [-0.39, 0.29) is 5.91 Å². The number of amides is 1. The van der Waals surface area contributed by atoms with Crippen LogP contribution in [0.1, 0.15) is 15.5 Å². The summed E-state index contributed by atoms with van der Waals surface area (Å²) in [6.45, 7) is 0.401. The Morgan fingerprint density at radius 3 is 2.75 bits per heavy atom. The molecule has 4 aromatic rings. The van der Waals surface area contributed by atoms with Gasteiger partial charge < -0.3 is 9.88 Å². The molecule has 0 fully saturated rings. The third-order valence-corrected chi connectivity index (χ3v) is 5.56. The Kier molecular flexibility index (Phi) is 3.75. The maximum atomic E-state index is 12.8. The van der Waals surface area contributed by atoms with E-state index in [1.807, 2.05) is 48.5 Å². The Bertz CT molecular complexity index is 1020. The number of carbonyl (C=O) groups excluding carboxylic acids is 1. The zero-order chi connectivity index (χ0) is 16.7. The molecule has 0 radical (unpaired) electrons. The van der Waals surface area contributed by atoms with Gasteiger partial charge in [-0.15, -0.1) is 11.3 Å². The third kappa shape index (κ3) is 2.56. The highest BCUT2D eigenvalue weighted by Gasteiger charge is 2.21. The molecule has 120 valence electrons. The summed E-state index contributed by atoms with van der Waals surface area (Å²) in [5.41, 5.74) is 1.86. The van der Waals surface area contributed by atoms with Crippen LogP contribution >= 0.6 is 22.9 Å². The molecule has 4 nitrogen and oxygen atoms in total. The predicted octanol–water partition coefficient (Wildman–Crippen LogP) is 4.70. The smallest absolute Gasteiger partial charge is 0.265 e. The number of nitrogens with zero attached hydrogens (tertiary/aromatic N) is 2. The lowest BCUT2D eigenvalue weighted by Gasteiger charge is -2.14. The van der Waals surface area contributed by atoms with Gasteiger partial charge in [-0.05, 0) is 18.2 Å². The van der Waals surface area contributed by atoms with E-state index in [0.717, 1.165) is 26.9 Å². The highest BCUT2D eigenvalue weighted by atomic mass is 35.5. The summed E-state index contributed by atoms with van der Waals surface area (Å²) < 4.78 is 1.02. The first kappa shape index (κ1) is 15.2. The third-order valence-electron chi connectivity index (χ3n) is 3.90. The predicted molar refractivity (Wildman–Crippen MR) is 98.7 cm³/mol. The molecule has 0 aliphatic heterocycles. The molecule has 1 N–H and O–H groups in total. The molecule has 0 spiro atoms. The molecular weight excluding hydrogens is 342 g/mol. The Labute approximate surface area is 147 Å². The summed E-state index contributed by atoms with van der Waals surface area (Å²) in [5.74, 6) is 0.658. The van der Waals surface area contributed by atoms with Gasteiger partial charge in [0.1, 0.15) is 10.7 Å². The topological polar surface area (TPSA) is 49.0 Å². The van der Waals surface area contributed by atoms with Crippen LogP contribution in [0.2, 0.25) is 5.02 Å². The molecule has 0 aliphatic rings. The average Bonchev–Trinajstić information content (AvgIpc) is 3.15. The lowest BCUT2D eigenvalue weighted by Crippen LogP contribution is -2.26. The van der Waals surface area contributed by atoms with Crippen LogP contribution < -0.4 is 0 Å². The van der Waals surface area contributed by atoms with E-state index in [2.05, 4.69) is 9.97 Å². The first-order valence-electron chi connectivity index (χ1n) is 7.49. The first-order valence-corrected chi connectivity index (χ1v) is 8.69. The molecule has 24 heavy (non-hydrogen) atoms. The number of fused-ring (bicyclic) bond motifs is 2. The van der Waals surface area contributed by atoms with Crippen molar-refractivity contribution in [2.75, 3.05) is 7.05 Å². The molecule has 4 rings (SSSR count). The van der Waals surface area contributed by atoms with E-state index in [0.29, 0.717) is 16.4 Å². The molecule has 0 atom stereocenters. The molecular formula is C18H14ClN3OS. The normalized spacial score (nSPS) is 11.2. The number of thiophene rings is 1. The van der Waals surface area contributed by atoms with Crippen molar-refractivity contribution < 1.29 is 4.79 Å². The monoisotopic (exact) mass is 355 g/mol. The highest BCUT2D eigenvalue weighted by molar-refractivity contribution is 7.21. The van der Waals surface area contributed by atoms with Gasteiger partial charge in [0, 0.05) is 17.1 Å². The van der Waals surface area contributed by atoms with Crippen molar-refractivity contribution in [3.05, 3.63) is 64.3 Å². The number of H-pyrrole nitrogens is 1. The van der Waals surface area contributed by atoms with Gasteiger partial charge in [0.25, 0.3) is 5.91 Å². The minimum Gasteiger partial charge on any atom is -0.340 e. The second-order valence-corrected chi connectivity index (χ2v) is 7.03. The van der Waals surface area contributed by atoms with Crippen molar-refractivity contribution in [3.8, 4) is 0 Å². The minimum atomic E-state index is -0.0957. The summed E-state index contributed by atoms with van der Waals surface area (Å²) in [6, 6.07) is 15.6. The van der Waals surface area contributed by atoms with E-state index < -0.39 is 0 Å². The number of halogens is 1. The van der Waals surface area contributed by atoms with Crippen molar-refractivity contribution in [2.24, 2.45) is 0 Å². The maximum absolute atomic E-state index is 12.8. The van der Waals surface area contributed by atoms with E-state index in [1.54, 1.807) is 11.9 Å². The van der Waals surface area contributed by atoms with Crippen LogP contribution in [0.3, 0.4) is 0 Å². The Balaban J connectivity index is 1.62. The summed E-state index contributed by atoms with van der Waals surface area (Å²) in [5, 5.41) is 1.45. The molecule has 2 heterocycles. The zero-order valence-corrected chi connectivity index (χ0v) is 14.5. The fourth-order valence-corrected chi connectivity index (χ4v) is 4.21. The Morgan fingerprint density at radius 1 is 1.21 bits per heavy atom. The van der Waals surface area contributed by atoms with E-state index in [9.17, 15) is 4.79 Å². The largest absolute Gasteiger partial charge is 0.340 e. The second-order valence-electron chi connectivity index (χ2n) is 5.60. The van der Waals surface area contributed by atoms with Gasteiger partial charge in [-0.3, -0.25) is 4.79 Å². The van der Waals surface area contributed by atoms with Crippen molar-refractivity contribution in [2.45, 2.75) is 6.54 Å². The number of carbonyl (C=O) groups is 1. The van der Waals surface area contributed by atoms with Gasteiger partial charge in [-0.25, -0.2) is 4.98 Å². The average molecular weight is 356 g/mol. The standard InChI is InChI=1S/C18H14ClN3OS/c1-22(10-15-20-12-7-3-4-8-13(12)21-15)18(23)17-16(19)11-6-2-5-9-14(11)24-17/h2-9H,10H2,1H3,(H,20,21). The highest BCUT2D eigenvalue weighted by Crippen LogP contribution is 2.35. The summed E-state index contributed by atoms with van der Waals surface area (Å²) in [7, 11) is 1.76. The molecule has 0 saturated carbocycles. The van der Waals surface area contributed by atoms with Gasteiger partial charge in [0.05, 0.1) is 22.6 Å². The molecule has 0 unspecified atom stereocenters. The van der Waals surface area contributed by atoms with Gasteiger partial charge in [-0.1, -0.05) is 41.9 Å². The SMILES string of the molecule is CN(Cc1nc2ccccc2[nH]1)C(=O)c1sc2ccccc2c1Cl. The van der Waals surface area contributed by atoms with Crippen molar-refractivity contribution in [1.29, 1.82) is 0 Å². The van der Waals surface area contributed by atoms with Crippen LogP contribution in [0.25, 0.3) is 21.1 Å². The van der Waals surface area contributed by atoms with Crippen molar-refractivity contribution in [1.82, 2.24) is 14.9 Å². The zero-order valence-electron chi connectivity index (χ0n) is 12.9. The van der Waals surface area contributed by atoms with Crippen molar-refractivity contribution in [3.63, 3.8) is 0 Å². The molecule has 0 bridgehead atoms. The van der Waals surface area contributed by atoms with Crippen molar-refractivity contribution >= 4 is 50.0 Å². The van der Waals surface area contributed by atoms with Gasteiger partial charge in [0.15, 0.2) is 0 Å². The van der Waals surface area contributed by atoms with Crippen LogP contribution in [0, 0.1) is 0 Å². The Hall–Kier alpha value is -2.37.